The Morgan fingerprint density at radius 1 is 1.15 bits per heavy atom. The van der Waals surface area contributed by atoms with E-state index < -0.39 is 4.92 Å². The number of H-pyrrole nitrogens is 1. The number of aromatic nitrogens is 2. The number of nitrogens with one attached hydrogen (secondary N) is 1. The van der Waals surface area contributed by atoms with Gasteiger partial charge in [-0.25, -0.2) is 4.98 Å². The van der Waals surface area contributed by atoms with Crippen LogP contribution in [0.4, 0.5) is 5.69 Å². The highest BCUT2D eigenvalue weighted by Crippen LogP contribution is 2.39. The lowest BCUT2D eigenvalue weighted by atomic mass is 10.1. The number of nitro groups is 1. The van der Waals surface area contributed by atoms with E-state index in [1.807, 2.05) is 44.2 Å². The summed E-state index contributed by atoms with van der Waals surface area (Å²) in [6.45, 7) is 3.93. The van der Waals surface area contributed by atoms with E-state index in [2.05, 4.69) is 9.97 Å². The average Bonchev–Trinajstić information content (AvgIpc) is 3.10. The molecule has 0 saturated heterocycles. The van der Waals surface area contributed by atoms with Crippen molar-refractivity contribution in [3.63, 3.8) is 0 Å². The van der Waals surface area contributed by atoms with Crippen LogP contribution in [0.1, 0.15) is 21.4 Å². The van der Waals surface area contributed by atoms with E-state index in [9.17, 15) is 14.9 Å². The van der Waals surface area contributed by atoms with Gasteiger partial charge >= 0.3 is 0 Å². The molecule has 2 aromatic carbocycles. The second-order valence-corrected chi connectivity index (χ2v) is 11.4. The average molecular weight is 518 g/mol. The lowest BCUT2D eigenvalue weighted by Gasteiger charge is -2.22. The SMILES string of the molecule is Cc1sc2nc(SC[C@H](Sc3ccc([N+](=O)[O-])cc3)[C@@H](Cl)c3ccccc3)[nH]c(=O)c2c1C. The highest BCUT2D eigenvalue weighted by molar-refractivity contribution is 8.03. The van der Waals surface area contributed by atoms with Crippen molar-refractivity contribution in [2.45, 2.75) is 34.5 Å². The fourth-order valence-electron chi connectivity index (χ4n) is 3.32. The molecule has 0 aliphatic carbocycles. The predicted octanol–water partition coefficient (Wildman–Crippen LogP) is 6.74. The zero-order valence-corrected chi connectivity index (χ0v) is 21.0. The molecule has 4 aromatic rings. The van der Waals surface area contributed by atoms with Gasteiger partial charge in [0.1, 0.15) is 4.83 Å². The zero-order chi connectivity index (χ0) is 23.5. The van der Waals surface area contributed by atoms with Gasteiger partial charge in [-0.05, 0) is 37.1 Å². The number of aryl methyl sites for hydroxylation is 2. The summed E-state index contributed by atoms with van der Waals surface area (Å²) in [7, 11) is 0. The second-order valence-electron chi connectivity index (χ2n) is 7.37. The number of fused-ring (bicyclic) bond motifs is 1. The Morgan fingerprint density at radius 2 is 1.85 bits per heavy atom. The summed E-state index contributed by atoms with van der Waals surface area (Å²) in [4.78, 5) is 33.4. The lowest BCUT2D eigenvalue weighted by molar-refractivity contribution is -0.384. The maximum Gasteiger partial charge on any atom is 0.269 e. The number of halogens is 1. The number of aromatic amines is 1. The number of hydrogen-bond donors (Lipinski definition) is 1. The molecule has 0 aliphatic heterocycles. The molecule has 2 atom stereocenters. The Balaban J connectivity index is 1.58. The van der Waals surface area contributed by atoms with Crippen LogP contribution in [-0.4, -0.2) is 25.9 Å². The normalized spacial score (nSPS) is 13.2. The fourth-order valence-corrected chi connectivity index (χ4v) is 7.13. The largest absolute Gasteiger partial charge is 0.301 e. The lowest BCUT2D eigenvalue weighted by Crippen LogP contribution is -2.15. The summed E-state index contributed by atoms with van der Waals surface area (Å²) in [5.41, 5.74) is 1.87. The summed E-state index contributed by atoms with van der Waals surface area (Å²) in [5, 5.41) is 11.8. The van der Waals surface area contributed by atoms with Crippen LogP contribution in [-0.2, 0) is 0 Å². The molecule has 1 N–H and O–H groups in total. The molecule has 33 heavy (non-hydrogen) atoms. The molecule has 4 rings (SSSR count). The van der Waals surface area contributed by atoms with Crippen molar-refractivity contribution in [1.82, 2.24) is 9.97 Å². The highest BCUT2D eigenvalue weighted by atomic mass is 35.5. The molecule has 0 fully saturated rings. The van der Waals surface area contributed by atoms with Crippen LogP contribution in [0.2, 0.25) is 0 Å². The van der Waals surface area contributed by atoms with Crippen molar-refractivity contribution < 1.29 is 4.92 Å². The van der Waals surface area contributed by atoms with Gasteiger partial charge in [-0.15, -0.1) is 34.7 Å². The van der Waals surface area contributed by atoms with E-state index in [1.54, 1.807) is 23.9 Å². The smallest absolute Gasteiger partial charge is 0.269 e. The van der Waals surface area contributed by atoms with Crippen LogP contribution < -0.4 is 5.56 Å². The molecule has 6 nitrogen and oxygen atoms in total. The molecule has 2 aromatic heterocycles. The van der Waals surface area contributed by atoms with Crippen LogP contribution >= 0.6 is 46.5 Å². The van der Waals surface area contributed by atoms with E-state index >= 15 is 0 Å². The highest BCUT2D eigenvalue weighted by Gasteiger charge is 2.24. The van der Waals surface area contributed by atoms with Crippen LogP contribution in [0.5, 0.6) is 0 Å². The molecule has 0 aliphatic rings. The number of nitrogens with zero attached hydrogens (tertiary/aromatic N) is 2. The predicted molar refractivity (Wildman–Crippen MR) is 138 cm³/mol. The molecule has 0 unspecified atom stereocenters. The molecule has 2 heterocycles. The van der Waals surface area contributed by atoms with Crippen LogP contribution in [0.15, 0.2) is 69.4 Å². The van der Waals surface area contributed by atoms with Gasteiger partial charge in [-0.3, -0.25) is 14.9 Å². The minimum Gasteiger partial charge on any atom is -0.301 e. The molecular weight excluding hydrogens is 498 g/mol. The molecule has 0 bridgehead atoms. The maximum atomic E-state index is 12.6. The van der Waals surface area contributed by atoms with Crippen molar-refractivity contribution in [3.05, 3.63) is 91.1 Å². The van der Waals surface area contributed by atoms with Gasteiger partial charge in [0.25, 0.3) is 11.2 Å². The van der Waals surface area contributed by atoms with E-state index in [0.29, 0.717) is 16.3 Å². The van der Waals surface area contributed by atoms with Crippen LogP contribution in [0, 0.1) is 24.0 Å². The van der Waals surface area contributed by atoms with Crippen molar-refractivity contribution in [2.75, 3.05) is 5.75 Å². The van der Waals surface area contributed by atoms with Crippen molar-refractivity contribution in [2.24, 2.45) is 0 Å². The van der Waals surface area contributed by atoms with Gasteiger partial charge in [0.15, 0.2) is 5.16 Å². The van der Waals surface area contributed by atoms with Gasteiger partial charge in [0, 0.05) is 32.9 Å². The number of alkyl halides is 1. The molecule has 0 radical (unpaired) electrons. The summed E-state index contributed by atoms with van der Waals surface area (Å²) in [5.74, 6) is 0.586. The minimum atomic E-state index is -0.414. The van der Waals surface area contributed by atoms with Gasteiger partial charge in [-0.2, -0.15) is 0 Å². The Morgan fingerprint density at radius 3 is 2.52 bits per heavy atom. The fraction of sp³-hybridized carbons (Fsp3) is 0.217. The first-order chi connectivity index (χ1) is 15.8. The quantitative estimate of drug-likeness (QED) is 0.0914. The summed E-state index contributed by atoms with van der Waals surface area (Å²) < 4.78 is 0. The number of thiophene rings is 1. The molecule has 0 saturated carbocycles. The monoisotopic (exact) mass is 517 g/mol. The number of non-ortho nitro benzene ring substituents is 1. The molecule has 0 amide bonds. The summed E-state index contributed by atoms with van der Waals surface area (Å²) in [6, 6.07) is 16.2. The van der Waals surface area contributed by atoms with E-state index in [0.717, 1.165) is 25.7 Å². The van der Waals surface area contributed by atoms with Crippen molar-refractivity contribution in [1.29, 1.82) is 0 Å². The van der Waals surface area contributed by atoms with Crippen molar-refractivity contribution in [3.8, 4) is 0 Å². The number of benzene rings is 2. The Hall–Kier alpha value is -2.33. The number of thioether (sulfide) groups is 2. The third kappa shape index (κ3) is 5.43. The first-order valence-corrected chi connectivity index (χ1v) is 13.2. The Kier molecular flexibility index (Phi) is 7.43. The molecule has 0 spiro atoms. The van der Waals surface area contributed by atoms with Crippen LogP contribution in [0.3, 0.4) is 0 Å². The third-order valence-electron chi connectivity index (χ3n) is 5.18. The Labute approximate surface area is 207 Å². The summed E-state index contributed by atoms with van der Waals surface area (Å²) >= 11 is 11.4. The van der Waals surface area contributed by atoms with Gasteiger partial charge < -0.3 is 4.98 Å². The molecule has 10 heteroatoms. The molecular formula is C23H20ClN3O3S3. The van der Waals surface area contributed by atoms with E-state index in [1.165, 1.54) is 35.2 Å². The minimum absolute atomic E-state index is 0.0485. The maximum absolute atomic E-state index is 12.6. The number of nitro benzene ring substituents is 1. The Bertz CT molecular complexity index is 1340. The van der Waals surface area contributed by atoms with E-state index in [-0.39, 0.29) is 21.9 Å². The summed E-state index contributed by atoms with van der Waals surface area (Å²) in [6.07, 6.45) is 0. The first kappa shape index (κ1) is 23.8. The van der Waals surface area contributed by atoms with Crippen LogP contribution in [0.25, 0.3) is 10.2 Å². The van der Waals surface area contributed by atoms with Gasteiger partial charge in [-0.1, -0.05) is 42.1 Å². The van der Waals surface area contributed by atoms with Gasteiger partial charge in [0.05, 0.1) is 15.7 Å². The van der Waals surface area contributed by atoms with Gasteiger partial charge in [0.2, 0.25) is 0 Å². The first-order valence-electron chi connectivity index (χ1n) is 10.1. The zero-order valence-electron chi connectivity index (χ0n) is 17.8. The molecule has 170 valence electrons. The number of rotatable bonds is 8. The second kappa shape index (κ2) is 10.3. The van der Waals surface area contributed by atoms with E-state index in [4.69, 9.17) is 11.6 Å². The topological polar surface area (TPSA) is 88.9 Å². The van der Waals surface area contributed by atoms with Crippen molar-refractivity contribution >= 4 is 62.4 Å². The third-order valence-corrected chi connectivity index (χ3v) is 9.48. The standard InChI is InChI=1S/C23H20ClN3O3S3/c1-13-14(2)32-22-19(13)21(28)25-23(26-22)31-12-18(20(24)15-6-4-3-5-7-15)33-17-10-8-16(9-11-17)27(29)30/h3-11,18,20H,12H2,1-2H3,(H,25,26,28)/t18-,20-/m0/s1. The number of hydrogen-bond acceptors (Lipinski definition) is 7.